The molecule has 0 saturated carbocycles. The van der Waals surface area contributed by atoms with Gasteiger partial charge in [0.1, 0.15) is 0 Å². The first kappa shape index (κ1) is 11.5. The van der Waals surface area contributed by atoms with E-state index in [0.717, 1.165) is 25.9 Å². The van der Waals surface area contributed by atoms with E-state index in [4.69, 9.17) is 0 Å². The van der Waals surface area contributed by atoms with Crippen molar-refractivity contribution >= 4 is 5.91 Å². The van der Waals surface area contributed by atoms with Crippen LogP contribution in [0, 0.1) is 5.41 Å². The van der Waals surface area contributed by atoms with E-state index >= 15 is 0 Å². The van der Waals surface area contributed by atoms with E-state index < -0.39 is 0 Å². The second-order valence-corrected chi connectivity index (χ2v) is 5.24. The summed E-state index contributed by atoms with van der Waals surface area (Å²) in [6.45, 7) is 1.74. The maximum absolute atomic E-state index is 12.5. The van der Waals surface area contributed by atoms with E-state index in [2.05, 4.69) is 17.4 Å². The largest absolute Gasteiger partial charge is 0.321 e. The molecule has 1 atom stereocenters. The van der Waals surface area contributed by atoms with Crippen LogP contribution in [-0.2, 0) is 11.2 Å². The van der Waals surface area contributed by atoms with Gasteiger partial charge in [0.05, 0.1) is 5.41 Å². The number of benzene rings is 1. The summed E-state index contributed by atoms with van der Waals surface area (Å²) in [5, 5.41) is 3.38. The second kappa shape index (κ2) is 4.25. The van der Waals surface area contributed by atoms with Crippen molar-refractivity contribution < 1.29 is 4.79 Å². The van der Waals surface area contributed by atoms with Gasteiger partial charge in [0.25, 0.3) is 0 Å². The number of rotatable bonds is 2. The van der Waals surface area contributed by atoms with Crippen LogP contribution in [0.25, 0.3) is 0 Å². The van der Waals surface area contributed by atoms with Crippen LogP contribution in [0.3, 0.4) is 0 Å². The molecule has 0 aromatic heterocycles. The molecule has 1 amide bonds. The quantitative estimate of drug-likeness (QED) is 0.853. The molecule has 0 bridgehead atoms. The third kappa shape index (κ3) is 1.66. The van der Waals surface area contributed by atoms with Crippen LogP contribution in [0.2, 0.25) is 0 Å². The summed E-state index contributed by atoms with van der Waals surface area (Å²) in [4.78, 5) is 14.3. The fraction of sp³-hybridized carbons (Fsp3) is 0.400. The predicted octanol–water partition coefficient (Wildman–Crippen LogP) is 1.56. The van der Waals surface area contributed by atoms with Crippen LogP contribution in [0.5, 0.6) is 0 Å². The van der Waals surface area contributed by atoms with Gasteiger partial charge in [0.15, 0.2) is 0 Å². The zero-order valence-corrected chi connectivity index (χ0v) is 10.6. The highest BCUT2D eigenvalue weighted by Gasteiger charge is 2.48. The standard InChI is InChI=1S/C15H18N2O/c1-17-10-13-7-8-16-11-15(13,14(17)18)9-12-5-3-2-4-6-12/h2-6,10,16H,7-9,11H2,1H3/t15-/m0/s1. The fourth-order valence-electron chi connectivity index (χ4n) is 3.10. The molecule has 0 aliphatic carbocycles. The first-order chi connectivity index (χ1) is 8.72. The predicted molar refractivity (Wildman–Crippen MR) is 70.9 cm³/mol. The van der Waals surface area contributed by atoms with E-state index in [-0.39, 0.29) is 11.3 Å². The van der Waals surface area contributed by atoms with Gasteiger partial charge in [-0.1, -0.05) is 30.3 Å². The van der Waals surface area contributed by atoms with Gasteiger partial charge in [-0.15, -0.1) is 0 Å². The summed E-state index contributed by atoms with van der Waals surface area (Å²) in [5.41, 5.74) is 2.18. The van der Waals surface area contributed by atoms with E-state index in [0.29, 0.717) is 0 Å². The number of hydrogen-bond donors (Lipinski definition) is 1. The minimum absolute atomic E-state index is 0.230. The normalized spacial score (nSPS) is 27.1. The Morgan fingerprint density at radius 2 is 2.11 bits per heavy atom. The lowest BCUT2D eigenvalue weighted by atomic mass is 9.73. The Labute approximate surface area is 107 Å². The minimum atomic E-state index is -0.339. The Balaban J connectivity index is 1.96. The van der Waals surface area contributed by atoms with E-state index in [1.807, 2.05) is 31.4 Å². The summed E-state index contributed by atoms with van der Waals surface area (Å²) in [7, 11) is 1.86. The number of amides is 1. The zero-order valence-electron chi connectivity index (χ0n) is 10.6. The number of hydrogen-bond acceptors (Lipinski definition) is 2. The number of carbonyl (C=O) groups excluding carboxylic acids is 1. The Morgan fingerprint density at radius 3 is 2.89 bits per heavy atom. The van der Waals surface area contributed by atoms with Crippen molar-refractivity contribution in [3.8, 4) is 0 Å². The molecule has 0 unspecified atom stereocenters. The lowest BCUT2D eigenvalue weighted by Gasteiger charge is -2.35. The zero-order chi connectivity index (χ0) is 12.6. The number of nitrogens with zero attached hydrogens (tertiary/aromatic N) is 1. The number of carbonyl (C=O) groups is 1. The smallest absolute Gasteiger partial charge is 0.238 e. The molecule has 94 valence electrons. The van der Waals surface area contributed by atoms with E-state index in [9.17, 15) is 4.79 Å². The van der Waals surface area contributed by atoms with Gasteiger partial charge in [-0.3, -0.25) is 4.79 Å². The first-order valence-corrected chi connectivity index (χ1v) is 6.45. The third-order valence-corrected chi connectivity index (χ3v) is 4.04. The molecule has 1 N–H and O–H groups in total. The third-order valence-electron chi connectivity index (χ3n) is 4.04. The van der Waals surface area contributed by atoms with Gasteiger partial charge in [0, 0.05) is 19.8 Å². The summed E-state index contributed by atoms with van der Waals surface area (Å²) in [5.74, 6) is 0.230. The van der Waals surface area contributed by atoms with Gasteiger partial charge in [-0.25, -0.2) is 0 Å². The molecule has 3 nitrogen and oxygen atoms in total. The maximum atomic E-state index is 12.5. The van der Waals surface area contributed by atoms with Gasteiger partial charge < -0.3 is 10.2 Å². The monoisotopic (exact) mass is 242 g/mol. The Bertz CT molecular complexity index is 494. The van der Waals surface area contributed by atoms with Crippen molar-refractivity contribution in [1.82, 2.24) is 10.2 Å². The highest BCUT2D eigenvalue weighted by atomic mass is 16.2. The average molecular weight is 242 g/mol. The van der Waals surface area contributed by atoms with Crippen molar-refractivity contribution in [2.24, 2.45) is 5.41 Å². The topological polar surface area (TPSA) is 32.3 Å². The van der Waals surface area contributed by atoms with Crippen LogP contribution >= 0.6 is 0 Å². The van der Waals surface area contributed by atoms with Crippen LogP contribution in [-0.4, -0.2) is 30.9 Å². The molecule has 1 fully saturated rings. The molecule has 1 aromatic carbocycles. The molecule has 1 saturated heterocycles. The molecule has 0 radical (unpaired) electrons. The Hall–Kier alpha value is -1.61. The average Bonchev–Trinajstić information content (AvgIpc) is 2.64. The maximum Gasteiger partial charge on any atom is 0.238 e. The van der Waals surface area contributed by atoms with Crippen molar-refractivity contribution in [3.05, 3.63) is 47.7 Å². The van der Waals surface area contributed by atoms with E-state index in [1.54, 1.807) is 4.90 Å². The Kier molecular flexibility index (Phi) is 2.71. The highest BCUT2D eigenvalue weighted by molar-refractivity contribution is 5.90. The number of nitrogens with one attached hydrogen (secondary N) is 1. The molecule has 2 aliphatic heterocycles. The summed E-state index contributed by atoms with van der Waals surface area (Å²) in [6, 6.07) is 10.3. The molecule has 2 aliphatic rings. The Morgan fingerprint density at radius 1 is 1.33 bits per heavy atom. The molecule has 18 heavy (non-hydrogen) atoms. The number of fused-ring (bicyclic) bond motifs is 1. The van der Waals surface area contributed by atoms with Crippen molar-refractivity contribution in [3.63, 3.8) is 0 Å². The van der Waals surface area contributed by atoms with Crippen LogP contribution in [0.4, 0.5) is 0 Å². The molecule has 3 rings (SSSR count). The first-order valence-electron chi connectivity index (χ1n) is 6.45. The summed E-state index contributed by atoms with van der Waals surface area (Å²) in [6.07, 6.45) is 3.81. The molecule has 0 spiro atoms. The van der Waals surface area contributed by atoms with Gasteiger partial charge in [0.2, 0.25) is 5.91 Å². The highest BCUT2D eigenvalue weighted by Crippen LogP contribution is 2.41. The van der Waals surface area contributed by atoms with Crippen molar-refractivity contribution in [1.29, 1.82) is 0 Å². The van der Waals surface area contributed by atoms with Crippen molar-refractivity contribution in [2.45, 2.75) is 12.8 Å². The van der Waals surface area contributed by atoms with Gasteiger partial charge in [-0.05, 0) is 30.5 Å². The van der Waals surface area contributed by atoms with Crippen LogP contribution in [0.1, 0.15) is 12.0 Å². The molecular weight excluding hydrogens is 224 g/mol. The second-order valence-electron chi connectivity index (χ2n) is 5.24. The van der Waals surface area contributed by atoms with Crippen LogP contribution in [0.15, 0.2) is 42.1 Å². The SMILES string of the molecule is CN1C=C2CCNC[C@]2(Cc2ccccc2)C1=O. The molecule has 1 aromatic rings. The summed E-state index contributed by atoms with van der Waals surface area (Å²) < 4.78 is 0. The lowest BCUT2D eigenvalue weighted by molar-refractivity contribution is -0.134. The fourth-order valence-corrected chi connectivity index (χ4v) is 3.10. The van der Waals surface area contributed by atoms with Crippen molar-refractivity contribution in [2.75, 3.05) is 20.1 Å². The summed E-state index contributed by atoms with van der Waals surface area (Å²) >= 11 is 0. The number of piperidine rings is 1. The van der Waals surface area contributed by atoms with Gasteiger partial charge >= 0.3 is 0 Å². The van der Waals surface area contributed by atoms with Gasteiger partial charge in [-0.2, -0.15) is 0 Å². The lowest BCUT2D eigenvalue weighted by Crippen LogP contribution is -2.48. The molecule has 3 heteroatoms. The van der Waals surface area contributed by atoms with E-state index in [1.165, 1.54) is 11.1 Å². The van der Waals surface area contributed by atoms with Crippen LogP contribution < -0.4 is 5.32 Å². The molecular formula is C15H18N2O. The minimum Gasteiger partial charge on any atom is -0.321 e. The molecule has 2 heterocycles.